The fourth-order valence-corrected chi connectivity index (χ4v) is 4.07. The molecule has 1 aliphatic heterocycles. The Morgan fingerprint density at radius 2 is 1.83 bits per heavy atom. The van der Waals surface area contributed by atoms with Gasteiger partial charge in [0.15, 0.2) is 0 Å². The third-order valence-electron chi connectivity index (χ3n) is 4.53. The van der Waals surface area contributed by atoms with Crippen LogP contribution in [0.4, 0.5) is 0 Å². The highest BCUT2D eigenvalue weighted by atomic mass is 32.1. The van der Waals surface area contributed by atoms with E-state index in [2.05, 4.69) is 58.2 Å². The largest absolute Gasteiger partial charge is 0.304 e. The summed E-state index contributed by atoms with van der Waals surface area (Å²) in [6, 6.07) is 15.4. The molecule has 1 aliphatic rings. The average molecular weight is 323 g/mol. The van der Waals surface area contributed by atoms with E-state index in [-0.39, 0.29) is 0 Å². The molecule has 0 atom stereocenters. The zero-order valence-electron chi connectivity index (χ0n) is 13.4. The molecule has 3 aromatic rings. The minimum absolute atomic E-state index is 1.06. The number of likely N-dealkylation sites (N-methyl/N-ethyl adjacent to an activating group) is 1. The van der Waals surface area contributed by atoms with Crippen LogP contribution in [0.25, 0.3) is 20.7 Å². The molecule has 23 heavy (non-hydrogen) atoms. The van der Waals surface area contributed by atoms with Crippen molar-refractivity contribution in [3.63, 3.8) is 0 Å². The lowest BCUT2D eigenvalue weighted by atomic mass is 10.1. The topological polar surface area (TPSA) is 19.4 Å². The number of rotatable bonds is 3. The SMILES string of the molecule is CN1CCN(Cc2ccc(-c3cc4ncccc4s3)cc2)CC1. The van der Waals surface area contributed by atoms with Gasteiger partial charge in [-0.1, -0.05) is 24.3 Å². The molecule has 0 N–H and O–H groups in total. The molecule has 0 unspecified atom stereocenters. The van der Waals surface area contributed by atoms with Crippen molar-refractivity contribution in [2.24, 2.45) is 0 Å². The maximum absolute atomic E-state index is 4.43. The van der Waals surface area contributed by atoms with Crippen LogP contribution in [0.15, 0.2) is 48.7 Å². The van der Waals surface area contributed by atoms with Crippen LogP contribution < -0.4 is 0 Å². The summed E-state index contributed by atoms with van der Waals surface area (Å²) in [6.07, 6.45) is 1.86. The maximum Gasteiger partial charge on any atom is 0.0816 e. The van der Waals surface area contributed by atoms with Gasteiger partial charge in [-0.25, -0.2) is 0 Å². The summed E-state index contributed by atoms with van der Waals surface area (Å²) in [5, 5.41) is 0. The molecule has 2 aromatic heterocycles. The molecule has 1 saturated heterocycles. The zero-order valence-corrected chi connectivity index (χ0v) is 14.2. The van der Waals surface area contributed by atoms with Crippen molar-refractivity contribution in [1.29, 1.82) is 0 Å². The third kappa shape index (κ3) is 3.29. The number of pyridine rings is 1. The van der Waals surface area contributed by atoms with Crippen molar-refractivity contribution in [2.75, 3.05) is 33.2 Å². The predicted molar refractivity (Wildman–Crippen MR) is 97.8 cm³/mol. The van der Waals surface area contributed by atoms with Crippen LogP contribution >= 0.6 is 11.3 Å². The van der Waals surface area contributed by atoms with Gasteiger partial charge in [-0.15, -0.1) is 11.3 Å². The van der Waals surface area contributed by atoms with Gasteiger partial charge in [0.25, 0.3) is 0 Å². The van der Waals surface area contributed by atoms with Gasteiger partial charge in [0.05, 0.1) is 10.2 Å². The van der Waals surface area contributed by atoms with Gasteiger partial charge in [0.2, 0.25) is 0 Å². The molecule has 1 aromatic carbocycles. The van der Waals surface area contributed by atoms with Gasteiger partial charge >= 0.3 is 0 Å². The van der Waals surface area contributed by atoms with Crippen LogP contribution in [0.1, 0.15) is 5.56 Å². The Morgan fingerprint density at radius 1 is 1.04 bits per heavy atom. The second-order valence-electron chi connectivity index (χ2n) is 6.27. The zero-order chi connectivity index (χ0) is 15.6. The summed E-state index contributed by atoms with van der Waals surface area (Å²) >= 11 is 1.81. The first-order valence-electron chi connectivity index (χ1n) is 8.13. The Morgan fingerprint density at radius 3 is 2.57 bits per heavy atom. The molecule has 4 rings (SSSR count). The lowest BCUT2D eigenvalue weighted by Crippen LogP contribution is -2.43. The summed E-state index contributed by atoms with van der Waals surface area (Å²) in [5.74, 6) is 0. The number of aromatic nitrogens is 1. The van der Waals surface area contributed by atoms with Gasteiger partial charge in [0, 0.05) is 43.8 Å². The van der Waals surface area contributed by atoms with Gasteiger partial charge in [-0.3, -0.25) is 9.88 Å². The molecule has 118 valence electrons. The monoisotopic (exact) mass is 323 g/mol. The highest BCUT2D eigenvalue weighted by Gasteiger charge is 2.13. The number of hydrogen-bond donors (Lipinski definition) is 0. The minimum atomic E-state index is 1.06. The normalized spacial score (nSPS) is 16.9. The summed E-state index contributed by atoms with van der Waals surface area (Å²) in [7, 11) is 2.20. The van der Waals surface area contributed by atoms with Crippen LogP contribution in [-0.4, -0.2) is 48.0 Å². The summed E-state index contributed by atoms with van der Waals surface area (Å²) in [4.78, 5) is 10.7. The molecule has 0 aliphatic carbocycles. The molecular weight excluding hydrogens is 302 g/mol. The first-order valence-corrected chi connectivity index (χ1v) is 8.94. The van der Waals surface area contributed by atoms with E-state index in [1.165, 1.54) is 46.9 Å². The average Bonchev–Trinajstić information content (AvgIpc) is 3.02. The minimum Gasteiger partial charge on any atom is -0.304 e. The quantitative estimate of drug-likeness (QED) is 0.732. The van der Waals surface area contributed by atoms with Crippen molar-refractivity contribution in [3.05, 3.63) is 54.2 Å². The van der Waals surface area contributed by atoms with Gasteiger partial charge in [0.1, 0.15) is 0 Å². The third-order valence-corrected chi connectivity index (χ3v) is 5.67. The highest BCUT2D eigenvalue weighted by Crippen LogP contribution is 2.32. The Labute approximate surface area is 141 Å². The molecule has 0 spiro atoms. The van der Waals surface area contributed by atoms with E-state index in [1.54, 1.807) is 0 Å². The molecule has 0 amide bonds. The predicted octanol–water partition coefficient (Wildman–Crippen LogP) is 3.71. The lowest BCUT2D eigenvalue weighted by Gasteiger charge is -2.32. The van der Waals surface area contributed by atoms with Crippen LogP contribution in [0.3, 0.4) is 0 Å². The van der Waals surface area contributed by atoms with E-state index in [0.717, 1.165) is 12.1 Å². The molecule has 0 bridgehead atoms. The smallest absolute Gasteiger partial charge is 0.0816 e. The highest BCUT2D eigenvalue weighted by molar-refractivity contribution is 7.22. The number of fused-ring (bicyclic) bond motifs is 1. The second kappa shape index (κ2) is 6.40. The molecule has 3 heterocycles. The van der Waals surface area contributed by atoms with E-state index in [0.29, 0.717) is 0 Å². The van der Waals surface area contributed by atoms with Gasteiger partial charge in [-0.05, 0) is 36.4 Å². The molecular formula is C19H21N3S. The van der Waals surface area contributed by atoms with Gasteiger partial charge < -0.3 is 4.90 Å². The second-order valence-corrected chi connectivity index (χ2v) is 7.36. The van der Waals surface area contributed by atoms with Crippen LogP contribution in [-0.2, 0) is 6.54 Å². The van der Waals surface area contributed by atoms with Gasteiger partial charge in [-0.2, -0.15) is 0 Å². The van der Waals surface area contributed by atoms with Crippen LogP contribution in [0.5, 0.6) is 0 Å². The summed E-state index contributed by atoms with van der Waals surface area (Å²) in [5.41, 5.74) is 3.78. The number of benzene rings is 1. The molecule has 4 heteroatoms. The summed E-state index contributed by atoms with van der Waals surface area (Å²) < 4.78 is 1.25. The standard InChI is InChI=1S/C19H21N3S/c1-21-9-11-22(12-10-21)14-15-4-6-16(7-5-15)19-13-17-18(23-19)3-2-8-20-17/h2-8,13H,9-12,14H2,1H3. The van der Waals surface area contributed by atoms with Crippen LogP contribution in [0, 0.1) is 0 Å². The van der Waals surface area contributed by atoms with Crippen molar-refractivity contribution in [3.8, 4) is 10.4 Å². The molecule has 0 saturated carbocycles. The van der Waals surface area contributed by atoms with Crippen molar-refractivity contribution in [1.82, 2.24) is 14.8 Å². The Bertz CT molecular complexity index is 753. The molecule has 3 nitrogen and oxygen atoms in total. The Hall–Kier alpha value is -1.75. The molecule has 1 fully saturated rings. The van der Waals surface area contributed by atoms with E-state index in [4.69, 9.17) is 0 Å². The first kappa shape index (κ1) is 14.8. The molecule has 0 radical (unpaired) electrons. The fraction of sp³-hybridized carbons (Fsp3) is 0.316. The van der Waals surface area contributed by atoms with Crippen molar-refractivity contribution in [2.45, 2.75) is 6.54 Å². The fourth-order valence-electron chi connectivity index (χ4n) is 3.05. The van der Waals surface area contributed by atoms with E-state index < -0.39 is 0 Å². The van der Waals surface area contributed by atoms with E-state index >= 15 is 0 Å². The van der Waals surface area contributed by atoms with E-state index in [9.17, 15) is 0 Å². The first-order chi connectivity index (χ1) is 11.3. The number of piperazine rings is 1. The van der Waals surface area contributed by atoms with E-state index in [1.807, 2.05) is 23.6 Å². The van der Waals surface area contributed by atoms with Crippen molar-refractivity contribution < 1.29 is 0 Å². The Kier molecular flexibility index (Phi) is 4.12. The Balaban J connectivity index is 1.49. The van der Waals surface area contributed by atoms with Crippen molar-refractivity contribution >= 4 is 21.6 Å². The maximum atomic E-state index is 4.43. The number of hydrogen-bond acceptors (Lipinski definition) is 4. The number of thiophene rings is 1. The number of nitrogens with zero attached hydrogens (tertiary/aromatic N) is 3. The van der Waals surface area contributed by atoms with Crippen LogP contribution in [0.2, 0.25) is 0 Å². The summed E-state index contributed by atoms with van der Waals surface area (Å²) in [6.45, 7) is 5.74. The lowest BCUT2D eigenvalue weighted by molar-refractivity contribution is 0.148.